The van der Waals surface area contributed by atoms with Crippen LogP contribution in [0, 0.1) is 41.2 Å². The lowest BCUT2D eigenvalue weighted by Gasteiger charge is -2.35. The van der Waals surface area contributed by atoms with Crippen molar-refractivity contribution in [3.05, 3.63) is 53.1 Å². The van der Waals surface area contributed by atoms with Crippen molar-refractivity contribution < 1.29 is 8.78 Å². The van der Waals surface area contributed by atoms with E-state index in [1.165, 1.54) is 89.9 Å². The summed E-state index contributed by atoms with van der Waals surface area (Å²) in [4.78, 5) is 0. The predicted octanol–water partition coefficient (Wildman–Crippen LogP) is 11.6. The van der Waals surface area contributed by atoms with Crippen molar-refractivity contribution in [2.24, 2.45) is 29.6 Å². The van der Waals surface area contributed by atoms with Gasteiger partial charge in [-0.2, -0.15) is 0 Å². The second-order valence-corrected chi connectivity index (χ2v) is 13.0. The van der Waals surface area contributed by atoms with Crippen LogP contribution in [-0.2, 0) is 6.42 Å². The Balaban J connectivity index is 1.21. The van der Waals surface area contributed by atoms with E-state index in [1.807, 2.05) is 12.1 Å². The molecule has 2 saturated carbocycles. The zero-order chi connectivity index (χ0) is 26.7. The minimum atomic E-state index is -0.628. The number of benzene rings is 1. The molecule has 0 nitrogen and oxygen atoms in total. The van der Waals surface area contributed by atoms with E-state index >= 15 is 8.78 Å². The van der Waals surface area contributed by atoms with Gasteiger partial charge in [0.15, 0.2) is 11.6 Å². The molecule has 38 heavy (non-hydrogen) atoms. The third kappa shape index (κ3) is 8.28. The summed E-state index contributed by atoms with van der Waals surface area (Å²) < 4.78 is 30.1. The molecule has 0 radical (unpaired) electrons. The molecule has 3 aliphatic rings. The average molecular weight is 525 g/mol. The Bertz CT molecular complexity index is 896. The smallest absolute Gasteiger partial charge is 0.166 e. The maximum atomic E-state index is 15.1. The first kappa shape index (κ1) is 29.5. The quantitative estimate of drug-likeness (QED) is 0.188. The van der Waals surface area contributed by atoms with E-state index in [0.717, 1.165) is 54.9 Å². The highest BCUT2D eigenvalue weighted by Gasteiger charge is 2.29. The summed E-state index contributed by atoms with van der Waals surface area (Å²) in [7, 11) is 0. The maximum Gasteiger partial charge on any atom is 0.166 e. The van der Waals surface area contributed by atoms with E-state index in [-0.39, 0.29) is 0 Å². The van der Waals surface area contributed by atoms with Crippen molar-refractivity contribution in [1.82, 2.24) is 0 Å². The molecule has 1 aromatic rings. The first-order valence-electron chi connectivity index (χ1n) is 16.4. The van der Waals surface area contributed by atoms with Crippen LogP contribution in [0.25, 0.3) is 5.57 Å². The summed E-state index contributed by atoms with van der Waals surface area (Å²) in [6, 6.07) is 3.68. The maximum absolute atomic E-state index is 15.1. The SMILES string of the molecule is CCCCCCC1CCC(/C=C/CCc2ccc(C3=CCC(C4CCC(CC)CC4)CC3)c(F)c2F)CC1. The van der Waals surface area contributed by atoms with Crippen molar-refractivity contribution in [2.75, 3.05) is 0 Å². The molecule has 4 rings (SSSR count). The third-order valence-electron chi connectivity index (χ3n) is 10.4. The average Bonchev–Trinajstić information content (AvgIpc) is 2.96. The molecule has 0 spiro atoms. The van der Waals surface area contributed by atoms with Crippen molar-refractivity contribution in [3.8, 4) is 0 Å². The van der Waals surface area contributed by atoms with Gasteiger partial charge in [-0.3, -0.25) is 0 Å². The highest BCUT2D eigenvalue weighted by atomic mass is 19.2. The Kier molecular flexibility index (Phi) is 12.0. The van der Waals surface area contributed by atoms with Crippen LogP contribution >= 0.6 is 0 Å². The summed E-state index contributed by atoms with van der Waals surface area (Å²) in [6.07, 6.45) is 30.2. The molecule has 212 valence electrons. The Labute approximate surface area is 232 Å². The van der Waals surface area contributed by atoms with E-state index < -0.39 is 11.6 Å². The van der Waals surface area contributed by atoms with Crippen molar-refractivity contribution in [1.29, 1.82) is 0 Å². The standard InChI is InChI=1S/C36H54F2/c1-3-5-6-7-10-28-13-15-29(16-14-28)11-8-9-12-33-25-26-34(36(38)35(33)37)32-23-21-31(22-24-32)30-19-17-27(4-2)18-20-30/h8,11,23,25-31H,3-7,9-10,12-22,24H2,1-2H3/b11-8+. The van der Waals surface area contributed by atoms with Gasteiger partial charge >= 0.3 is 0 Å². The van der Waals surface area contributed by atoms with E-state index in [2.05, 4.69) is 32.1 Å². The van der Waals surface area contributed by atoms with Crippen LogP contribution in [0.5, 0.6) is 0 Å². The third-order valence-corrected chi connectivity index (χ3v) is 10.4. The molecule has 2 heteroatoms. The molecule has 0 amide bonds. The topological polar surface area (TPSA) is 0 Å². The van der Waals surface area contributed by atoms with Crippen LogP contribution in [0.1, 0.15) is 141 Å². The minimum Gasteiger partial charge on any atom is -0.203 e. The van der Waals surface area contributed by atoms with E-state index in [1.54, 1.807) is 0 Å². The van der Waals surface area contributed by atoms with Gasteiger partial charge in [0.25, 0.3) is 0 Å². The lowest BCUT2D eigenvalue weighted by atomic mass is 9.70. The Morgan fingerprint density at radius 3 is 2.24 bits per heavy atom. The Hall–Kier alpha value is -1.44. The number of rotatable bonds is 12. The molecule has 0 aliphatic heterocycles. The molecular formula is C36H54F2. The van der Waals surface area contributed by atoms with Crippen LogP contribution in [-0.4, -0.2) is 0 Å². The summed E-state index contributed by atoms with van der Waals surface area (Å²) in [5, 5.41) is 0. The number of hydrogen-bond donors (Lipinski definition) is 0. The molecule has 0 heterocycles. The van der Waals surface area contributed by atoms with E-state index in [4.69, 9.17) is 0 Å². The van der Waals surface area contributed by atoms with Gasteiger partial charge < -0.3 is 0 Å². The fourth-order valence-electron chi connectivity index (χ4n) is 7.68. The minimum absolute atomic E-state index is 0.501. The van der Waals surface area contributed by atoms with Crippen LogP contribution in [0.2, 0.25) is 0 Å². The molecule has 0 bridgehead atoms. The lowest BCUT2D eigenvalue weighted by Crippen LogP contribution is -2.23. The molecule has 0 N–H and O–H groups in total. The molecular weight excluding hydrogens is 470 g/mol. The first-order chi connectivity index (χ1) is 18.6. The Morgan fingerprint density at radius 2 is 1.55 bits per heavy atom. The van der Waals surface area contributed by atoms with Gasteiger partial charge in [0.2, 0.25) is 0 Å². The van der Waals surface area contributed by atoms with Crippen molar-refractivity contribution >= 4 is 5.57 Å². The van der Waals surface area contributed by atoms with Crippen LogP contribution in [0.4, 0.5) is 8.78 Å². The molecule has 1 unspecified atom stereocenters. The fraction of sp³-hybridized carbons (Fsp3) is 0.722. The van der Waals surface area contributed by atoms with Crippen LogP contribution in [0.3, 0.4) is 0 Å². The van der Waals surface area contributed by atoms with Gasteiger partial charge in [-0.1, -0.05) is 95.6 Å². The molecule has 1 aromatic carbocycles. The zero-order valence-electron chi connectivity index (χ0n) is 24.5. The highest BCUT2D eigenvalue weighted by molar-refractivity contribution is 5.67. The summed E-state index contributed by atoms with van der Waals surface area (Å²) in [5.41, 5.74) is 2.04. The summed E-state index contributed by atoms with van der Waals surface area (Å²) in [6.45, 7) is 4.59. The number of aryl methyl sites for hydroxylation is 1. The lowest BCUT2D eigenvalue weighted by molar-refractivity contribution is 0.192. The summed E-state index contributed by atoms with van der Waals surface area (Å²) in [5.74, 6) is 2.84. The largest absolute Gasteiger partial charge is 0.203 e. The van der Waals surface area contributed by atoms with Gasteiger partial charge in [0.05, 0.1) is 0 Å². The molecule has 0 saturated heterocycles. The van der Waals surface area contributed by atoms with Gasteiger partial charge in [-0.25, -0.2) is 8.78 Å². The van der Waals surface area contributed by atoms with E-state index in [9.17, 15) is 0 Å². The molecule has 0 aromatic heterocycles. The number of hydrogen-bond acceptors (Lipinski definition) is 0. The van der Waals surface area contributed by atoms with Crippen molar-refractivity contribution in [3.63, 3.8) is 0 Å². The van der Waals surface area contributed by atoms with E-state index in [0.29, 0.717) is 23.5 Å². The van der Waals surface area contributed by atoms with Crippen LogP contribution in [0.15, 0.2) is 30.4 Å². The molecule has 3 aliphatic carbocycles. The van der Waals surface area contributed by atoms with Gasteiger partial charge in [-0.05, 0) is 111 Å². The molecule has 1 atom stereocenters. The number of allylic oxidation sites excluding steroid dienone is 4. The number of halogens is 2. The summed E-state index contributed by atoms with van der Waals surface area (Å²) >= 11 is 0. The fourth-order valence-corrected chi connectivity index (χ4v) is 7.68. The Morgan fingerprint density at radius 1 is 0.789 bits per heavy atom. The van der Waals surface area contributed by atoms with Crippen LogP contribution < -0.4 is 0 Å². The highest BCUT2D eigenvalue weighted by Crippen LogP contribution is 2.42. The van der Waals surface area contributed by atoms with Gasteiger partial charge in [-0.15, -0.1) is 0 Å². The molecule has 2 fully saturated rings. The zero-order valence-corrected chi connectivity index (χ0v) is 24.5. The second-order valence-electron chi connectivity index (χ2n) is 13.0. The first-order valence-corrected chi connectivity index (χ1v) is 16.4. The number of unbranched alkanes of at least 4 members (excludes halogenated alkanes) is 3. The monoisotopic (exact) mass is 524 g/mol. The normalized spacial score (nSPS) is 28.5. The predicted molar refractivity (Wildman–Crippen MR) is 159 cm³/mol. The van der Waals surface area contributed by atoms with Gasteiger partial charge in [0, 0.05) is 5.56 Å². The van der Waals surface area contributed by atoms with Crippen molar-refractivity contribution in [2.45, 2.75) is 136 Å². The second kappa shape index (κ2) is 15.4. The van der Waals surface area contributed by atoms with Gasteiger partial charge in [0.1, 0.15) is 0 Å².